The molecule has 0 bridgehead atoms. The van der Waals surface area contributed by atoms with E-state index in [1.807, 2.05) is 0 Å². The fourth-order valence-corrected chi connectivity index (χ4v) is 4.45. The molecule has 3 rings (SSSR count). The summed E-state index contributed by atoms with van der Waals surface area (Å²) in [5.41, 5.74) is -0.101. The molecule has 0 aliphatic heterocycles. The SMILES string of the molecule is CCOC(=O)CN(Cc1cccc(OCc2nc(-c3cc(F)c(C)c(F)c3F)oc2C)c1)S(=O)(=O)N(C)C. The number of oxazole rings is 1. The highest BCUT2D eigenvalue weighted by molar-refractivity contribution is 7.86. The predicted octanol–water partition coefficient (Wildman–Crippen LogP) is 4.13. The van der Waals surface area contributed by atoms with Gasteiger partial charge < -0.3 is 13.9 Å². The Labute approximate surface area is 219 Å². The normalized spacial score (nSPS) is 11.8. The Morgan fingerprint density at radius 3 is 2.47 bits per heavy atom. The Morgan fingerprint density at radius 1 is 1.11 bits per heavy atom. The second-order valence-electron chi connectivity index (χ2n) is 8.48. The van der Waals surface area contributed by atoms with Gasteiger partial charge in [0.05, 0.1) is 12.2 Å². The maximum Gasteiger partial charge on any atom is 0.321 e. The lowest BCUT2D eigenvalue weighted by Gasteiger charge is -2.24. The Balaban J connectivity index is 1.78. The van der Waals surface area contributed by atoms with Crippen molar-refractivity contribution in [3.05, 3.63) is 70.4 Å². The maximum atomic E-state index is 14.4. The van der Waals surface area contributed by atoms with Crippen LogP contribution in [0.5, 0.6) is 5.75 Å². The highest BCUT2D eigenvalue weighted by atomic mass is 32.2. The maximum absolute atomic E-state index is 14.4. The van der Waals surface area contributed by atoms with E-state index in [4.69, 9.17) is 13.9 Å². The summed E-state index contributed by atoms with van der Waals surface area (Å²) in [6.07, 6.45) is 0. The molecular weight excluding hydrogens is 527 g/mol. The molecule has 1 aromatic heterocycles. The van der Waals surface area contributed by atoms with Gasteiger partial charge in [0.2, 0.25) is 5.89 Å². The predicted molar refractivity (Wildman–Crippen MR) is 132 cm³/mol. The number of halogens is 3. The van der Waals surface area contributed by atoms with Crippen LogP contribution in [0.1, 0.15) is 29.5 Å². The van der Waals surface area contributed by atoms with Crippen LogP contribution in [-0.2, 0) is 32.9 Å². The number of rotatable bonds is 11. The van der Waals surface area contributed by atoms with E-state index >= 15 is 0 Å². The summed E-state index contributed by atoms with van der Waals surface area (Å²) in [4.78, 5) is 16.1. The van der Waals surface area contributed by atoms with Crippen LogP contribution in [0, 0.1) is 31.3 Å². The monoisotopic (exact) mass is 555 g/mol. The molecule has 38 heavy (non-hydrogen) atoms. The van der Waals surface area contributed by atoms with Crippen molar-refractivity contribution in [2.75, 3.05) is 27.2 Å². The number of carbonyl (C=O) groups is 1. The zero-order chi connectivity index (χ0) is 28.2. The van der Waals surface area contributed by atoms with E-state index in [2.05, 4.69) is 4.98 Å². The summed E-state index contributed by atoms with van der Waals surface area (Å²) >= 11 is 0. The molecule has 0 amide bonds. The van der Waals surface area contributed by atoms with Crippen molar-refractivity contribution < 1.29 is 40.3 Å². The zero-order valence-electron chi connectivity index (χ0n) is 21.5. The van der Waals surface area contributed by atoms with Gasteiger partial charge in [-0.2, -0.15) is 17.0 Å². The lowest BCUT2D eigenvalue weighted by atomic mass is 10.1. The van der Waals surface area contributed by atoms with Crippen molar-refractivity contribution in [2.45, 2.75) is 33.9 Å². The third-order valence-corrected chi connectivity index (χ3v) is 7.38. The van der Waals surface area contributed by atoms with Gasteiger partial charge in [0.1, 0.15) is 36.2 Å². The molecule has 13 heteroatoms. The fraction of sp³-hybridized carbons (Fsp3) is 0.360. The number of aromatic nitrogens is 1. The number of benzene rings is 2. The molecule has 0 radical (unpaired) electrons. The third kappa shape index (κ3) is 6.52. The molecule has 0 spiro atoms. The number of hydrogen-bond donors (Lipinski definition) is 0. The van der Waals surface area contributed by atoms with Crippen LogP contribution in [0.2, 0.25) is 0 Å². The molecule has 0 unspecified atom stereocenters. The first-order valence-corrected chi connectivity index (χ1v) is 12.9. The van der Waals surface area contributed by atoms with E-state index < -0.39 is 51.3 Å². The highest BCUT2D eigenvalue weighted by Gasteiger charge is 2.28. The van der Waals surface area contributed by atoms with Crippen molar-refractivity contribution in [1.82, 2.24) is 13.6 Å². The molecule has 0 N–H and O–H groups in total. The van der Waals surface area contributed by atoms with Crippen molar-refractivity contribution in [1.29, 1.82) is 0 Å². The molecule has 9 nitrogen and oxygen atoms in total. The van der Waals surface area contributed by atoms with Gasteiger partial charge >= 0.3 is 5.97 Å². The molecule has 0 atom stereocenters. The Bertz CT molecular complexity index is 1430. The summed E-state index contributed by atoms with van der Waals surface area (Å²) in [5.74, 6) is -3.90. The number of carbonyl (C=O) groups excluding carboxylic acids is 1. The van der Waals surface area contributed by atoms with E-state index in [0.29, 0.717) is 11.3 Å². The summed E-state index contributed by atoms with van der Waals surface area (Å²) in [5, 5.41) is 0. The lowest BCUT2D eigenvalue weighted by molar-refractivity contribution is -0.143. The average Bonchev–Trinajstić information content (AvgIpc) is 3.23. The fourth-order valence-electron chi connectivity index (χ4n) is 3.41. The Kier molecular flexibility index (Phi) is 9.18. The second-order valence-corrected chi connectivity index (χ2v) is 10.6. The van der Waals surface area contributed by atoms with Crippen molar-refractivity contribution in [3.63, 3.8) is 0 Å². The topological polar surface area (TPSA) is 102 Å². The average molecular weight is 556 g/mol. The molecule has 0 fully saturated rings. The second kappa shape index (κ2) is 12.0. The van der Waals surface area contributed by atoms with Gasteiger partial charge in [-0.05, 0) is 44.5 Å². The molecule has 0 saturated carbocycles. The van der Waals surface area contributed by atoms with Crippen LogP contribution in [0.4, 0.5) is 13.2 Å². The van der Waals surface area contributed by atoms with Gasteiger partial charge in [0, 0.05) is 26.2 Å². The lowest BCUT2D eigenvalue weighted by Crippen LogP contribution is -2.42. The standard InChI is InChI=1S/C25H28F3N3O6S/c1-6-35-22(32)13-31(38(33,34)30(4)5)12-17-8-7-9-18(10-17)36-14-21-16(3)37-25(29-21)19-11-20(26)15(2)23(27)24(19)28/h7-11H,6,12-14H2,1-5H3. The van der Waals surface area contributed by atoms with Gasteiger partial charge in [-0.25, -0.2) is 18.2 Å². The van der Waals surface area contributed by atoms with Gasteiger partial charge in [-0.3, -0.25) is 4.79 Å². The highest BCUT2D eigenvalue weighted by Crippen LogP contribution is 2.29. The number of nitrogens with zero attached hydrogens (tertiary/aromatic N) is 3. The molecule has 3 aromatic rings. The first-order valence-electron chi connectivity index (χ1n) is 11.5. The van der Waals surface area contributed by atoms with E-state index in [0.717, 1.165) is 21.6 Å². The van der Waals surface area contributed by atoms with Crippen LogP contribution >= 0.6 is 0 Å². The van der Waals surface area contributed by atoms with E-state index in [9.17, 15) is 26.4 Å². The Hall–Kier alpha value is -3.42. The largest absolute Gasteiger partial charge is 0.487 e. The number of ether oxygens (including phenoxy) is 2. The van der Waals surface area contributed by atoms with Crippen molar-refractivity contribution in [3.8, 4) is 17.2 Å². The zero-order valence-corrected chi connectivity index (χ0v) is 22.4. The van der Waals surface area contributed by atoms with Crippen LogP contribution in [0.15, 0.2) is 34.7 Å². The minimum absolute atomic E-state index is 0.113. The van der Waals surface area contributed by atoms with Crippen LogP contribution in [0.25, 0.3) is 11.5 Å². The molecule has 0 saturated heterocycles. The summed E-state index contributed by atoms with van der Waals surface area (Å²) in [7, 11) is -1.23. The number of aryl methyl sites for hydroxylation is 1. The molecule has 0 aliphatic carbocycles. The third-order valence-electron chi connectivity index (χ3n) is 5.54. The molecular formula is C25H28F3N3O6S. The molecule has 2 aromatic carbocycles. The van der Waals surface area contributed by atoms with E-state index in [1.165, 1.54) is 14.1 Å². The van der Waals surface area contributed by atoms with E-state index in [1.54, 1.807) is 38.1 Å². The van der Waals surface area contributed by atoms with Gasteiger partial charge in [-0.1, -0.05) is 12.1 Å². The minimum atomic E-state index is -3.94. The van der Waals surface area contributed by atoms with Crippen molar-refractivity contribution in [2.24, 2.45) is 0 Å². The van der Waals surface area contributed by atoms with E-state index in [-0.39, 0.29) is 37.1 Å². The summed E-state index contributed by atoms with van der Waals surface area (Å²) in [6, 6.07) is 7.34. The van der Waals surface area contributed by atoms with Crippen molar-refractivity contribution >= 4 is 16.2 Å². The summed E-state index contributed by atoms with van der Waals surface area (Å²) in [6.45, 7) is 3.67. The Morgan fingerprint density at radius 2 is 1.82 bits per heavy atom. The van der Waals surface area contributed by atoms with Crippen LogP contribution < -0.4 is 4.74 Å². The van der Waals surface area contributed by atoms with Crippen LogP contribution in [0.3, 0.4) is 0 Å². The quantitative estimate of drug-likeness (QED) is 0.259. The smallest absolute Gasteiger partial charge is 0.321 e. The van der Waals surface area contributed by atoms with Gasteiger partial charge in [0.15, 0.2) is 11.6 Å². The molecule has 0 aliphatic rings. The summed E-state index contributed by atoms with van der Waals surface area (Å²) < 4.78 is 85.8. The molecule has 1 heterocycles. The number of esters is 1. The molecule has 206 valence electrons. The number of hydrogen-bond acceptors (Lipinski definition) is 7. The minimum Gasteiger partial charge on any atom is -0.487 e. The van der Waals surface area contributed by atoms with Crippen LogP contribution in [-0.4, -0.2) is 55.2 Å². The van der Waals surface area contributed by atoms with Gasteiger partial charge in [0.25, 0.3) is 10.2 Å². The first-order chi connectivity index (χ1) is 17.8. The first kappa shape index (κ1) is 29.1. The van der Waals surface area contributed by atoms with Gasteiger partial charge in [-0.15, -0.1) is 0 Å².